The van der Waals surface area contributed by atoms with Crippen molar-refractivity contribution >= 4 is 11.0 Å². The second kappa shape index (κ2) is 3.10. The molecule has 0 amide bonds. The lowest BCUT2D eigenvalue weighted by Crippen LogP contribution is -2.82. The van der Waals surface area contributed by atoms with Crippen LogP contribution in [0.25, 0.3) is 11.0 Å². The SMILES string of the molecule is c1ccc2[nH+]c(C3CCC[NH2+]3)[nH]c2c1. The molecule has 3 rings (SSSR count). The molecular weight excluding hydrogens is 174 g/mol. The van der Waals surface area contributed by atoms with Gasteiger partial charge < -0.3 is 5.32 Å². The van der Waals surface area contributed by atoms with E-state index in [2.05, 4.69) is 39.6 Å². The summed E-state index contributed by atoms with van der Waals surface area (Å²) in [5.74, 6) is 1.27. The van der Waals surface area contributed by atoms with Crippen LogP contribution in [-0.4, -0.2) is 11.5 Å². The standard InChI is InChI=1S/C11H13N3/c1-2-5-9-8(4-1)13-11(14-9)10-6-3-7-12-10/h1-2,4-5,10,12H,3,6-7H2,(H,13,14)/p+2. The molecule has 1 saturated heterocycles. The topological polar surface area (TPSA) is 46.5 Å². The minimum Gasteiger partial charge on any atom is -0.334 e. The first-order valence-corrected chi connectivity index (χ1v) is 5.27. The third-order valence-corrected chi connectivity index (χ3v) is 3.01. The molecule has 0 aliphatic carbocycles. The highest BCUT2D eigenvalue weighted by molar-refractivity contribution is 5.70. The Kier molecular flexibility index (Phi) is 1.77. The zero-order chi connectivity index (χ0) is 9.38. The molecule has 1 aromatic carbocycles. The number of nitrogens with two attached hydrogens (primary N) is 1. The number of imidazole rings is 1. The Morgan fingerprint density at radius 3 is 3.07 bits per heavy atom. The molecule has 1 atom stereocenters. The maximum absolute atomic E-state index is 3.45. The van der Waals surface area contributed by atoms with E-state index in [1.54, 1.807) is 0 Å². The highest BCUT2D eigenvalue weighted by Gasteiger charge is 2.27. The Morgan fingerprint density at radius 2 is 2.29 bits per heavy atom. The summed E-state index contributed by atoms with van der Waals surface area (Å²) >= 11 is 0. The lowest BCUT2D eigenvalue weighted by atomic mass is 10.2. The Morgan fingerprint density at radius 1 is 1.36 bits per heavy atom. The van der Waals surface area contributed by atoms with Gasteiger partial charge in [-0.15, -0.1) is 0 Å². The predicted molar refractivity (Wildman–Crippen MR) is 53.6 cm³/mol. The van der Waals surface area contributed by atoms with E-state index in [9.17, 15) is 0 Å². The van der Waals surface area contributed by atoms with Crippen molar-refractivity contribution in [2.45, 2.75) is 18.9 Å². The molecule has 3 heteroatoms. The minimum atomic E-state index is 0.613. The number of nitrogens with one attached hydrogen (secondary N) is 2. The Bertz CT molecular complexity index is 407. The summed E-state index contributed by atoms with van der Waals surface area (Å²) in [7, 11) is 0. The van der Waals surface area contributed by atoms with Crippen molar-refractivity contribution in [1.29, 1.82) is 0 Å². The molecule has 1 fully saturated rings. The molecule has 2 aromatic rings. The van der Waals surface area contributed by atoms with Crippen molar-refractivity contribution in [3.63, 3.8) is 0 Å². The van der Waals surface area contributed by atoms with Crippen LogP contribution in [0.4, 0.5) is 0 Å². The quantitative estimate of drug-likeness (QED) is 0.651. The largest absolute Gasteiger partial charge is 0.334 e. The number of rotatable bonds is 1. The number of aromatic nitrogens is 2. The number of quaternary nitrogens is 1. The van der Waals surface area contributed by atoms with Crippen LogP contribution in [0.1, 0.15) is 24.7 Å². The molecule has 1 unspecified atom stereocenters. The normalized spacial score (nSPS) is 21.9. The number of aromatic amines is 2. The van der Waals surface area contributed by atoms with Crippen LogP contribution >= 0.6 is 0 Å². The molecular formula is C11H15N3+2. The van der Waals surface area contributed by atoms with Crippen LogP contribution < -0.4 is 10.3 Å². The molecule has 1 aromatic heterocycles. The van der Waals surface area contributed by atoms with Crippen LogP contribution in [0.2, 0.25) is 0 Å². The fourth-order valence-electron chi connectivity index (χ4n) is 2.24. The predicted octanol–water partition coefficient (Wildman–Crippen LogP) is 0.380. The molecule has 72 valence electrons. The van der Waals surface area contributed by atoms with Crippen molar-refractivity contribution < 1.29 is 10.3 Å². The summed E-state index contributed by atoms with van der Waals surface area (Å²) in [6.07, 6.45) is 2.61. The second-order valence-corrected chi connectivity index (χ2v) is 3.98. The van der Waals surface area contributed by atoms with Gasteiger partial charge in [0, 0.05) is 12.8 Å². The summed E-state index contributed by atoms with van der Waals surface area (Å²) in [6, 6.07) is 8.97. The third kappa shape index (κ3) is 1.21. The monoisotopic (exact) mass is 189 g/mol. The summed E-state index contributed by atoms with van der Waals surface area (Å²) < 4.78 is 0. The van der Waals surface area contributed by atoms with Gasteiger partial charge in [0.25, 0.3) is 0 Å². The summed E-state index contributed by atoms with van der Waals surface area (Å²) in [5, 5.41) is 2.40. The van der Waals surface area contributed by atoms with Gasteiger partial charge in [-0.3, -0.25) is 0 Å². The molecule has 4 N–H and O–H groups in total. The molecule has 0 bridgehead atoms. The van der Waals surface area contributed by atoms with E-state index in [-0.39, 0.29) is 0 Å². The number of benzene rings is 1. The molecule has 2 heterocycles. The fourth-order valence-corrected chi connectivity index (χ4v) is 2.24. The number of hydrogen-bond donors (Lipinski definition) is 2. The molecule has 1 aliphatic rings. The van der Waals surface area contributed by atoms with Crippen molar-refractivity contribution in [2.75, 3.05) is 6.54 Å². The third-order valence-electron chi connectivity index (χ3n) is 3.01. The van der Waals surface area contributed by atoms with Gasteiger partial charge in [-0.25, -0.2) is 9.97 Å². The van der Waals surface area contributed by atoms with E-state index in [4.69, 9.17) is 0 Å². The molecule has 0 spiro atoms. The van der Waals surface area contributed by atoms with E-state index in [0.29, 0.717) is 6.04 Å². The minimum absolute atomic E-state index is 0.613. The van der Waals surface area contributed by atoms with E-state index < -0.39 is 0 Å². The van der Waals surface area contributed by atoms with Gasteiger partial charge in [-0.2, -0.15) is 0 Å². The molecule has 0 radical (unpaired) electrons. The van der Waals surface area contributed by atoms with E-state index in [1.165, 1.54) is 36.2 Å². The lowest BCUT2D eigenvalue weighted by Gasteiger charge is -1.95. The lowest BCUT2D eigenvalue weighted by molar-refractivity contribution is -0.687. The smallest absolute Gasteiger partial charge is 0.312 e. The molecule has 0 saturated carbocycles. The van der Waals surface area contributed by atoms with Crippen molar-refractivity contribution in [2.24, 2.45) is 0 Å². The van der Waals surface area contributed by atoms with Crippen molar-refractivity contribution in [1.82, 2.24) is 4.98 Å². The van der Waals surface area contributed by atoms with Crippen LogP contribution in [0.3, 0.4) is 0 Å². The second-order valence-electron chi connectivity index (χ2n) is 3.98. The molecule has 3 nitrogen and oxygen atoms in total. The summed E-state index contributed by atoms with van der Waals surface area (Å²) in [6.45, 7) is 1.26. The average molecular weight is 189 g/mol. The Labute approximate surface area is 82.5 Å². The van der Waals surface area contributed by atoms with E-state index in [1.807, 2.05) is 0 Å². The van der Waals surface area contributed by atoms with Gasteiger partial charge in [-0.05, 0) is 12.1 Å². The van der Waals surface area contributed by atoms with Gasteiger partial charge in [-0.1, -0.05) is 12.1 Å². The Balaban J connectivity index is 2.05. The van der Waals surface area contributed by atoms with Gasteiger partial charge >= 0.3 is 5.82 Å². The zero-order valence-corrected chi connectivity index (χ0v) is 8.09. The van der Waals surface area contributed by atoms with Gasteiger partial charge in [0.15, 0.2) is 17.1 Å². The highest BCUT2D eigenvalue weighted by atomic mass is 15.0. The van der Waals surface area contributed by atoms with Gasteiger partial charge in [0.1, 0.15) is 0 Å². The van der Waals surface area contributed by atoms with Crippen LogP contribution in [0.5, 0.6) is 0 Å². The van der Waals surface area contributed by atoms with Gasteiger partial charge in [0.2, 0.25) is 0 Å². The van der Waals surface area contributed by atoms with Crippen molar-refractivity contribution in [3.8, 4) is 0 Å². The maximum Gasteiger partial charge on any atom is 0.312 e. The number of fused-ring (bicyclic) bond motifs is 1. The first-order valence-electron chi connectivity index (χ1n) is 5.27. The summed E-state index contributed by atoms with van der Waals surface area (Å²) in [5.41, 5.74) is 2.42. The first kappa shape index (κ1) is 8.00. The molecule has 14 heavy (non-hydrogen) atoms. The average Bonchev–Trinajstić information content (AvgIpc) is 2.86. The number of H-pyrrole nitrogens is 2. The zero-order valence-electron chi connectivity index (χ0n) is 8.09. The van der Waals surface area contributed by atoms with Crippen LogP contribution in [0, 0.1) is 0 Å². The first-order chi connectivity index (χ1) is 6.93. The maximum atomic E-state index is 3.45. The molecule has 1 aliphatic heterocycles. The van der Waals surface area contributed by atoms with E-state index in [0.717, 1.165) is 0 Å². The summed E-state index contributed by atoms with van der Waals surface area (Å²) in [4.78, 5) is 6.90. The number of para-hydroxylation sites is 2. The van der Waals surface area contributed by atoms with Crippen LogP contribution in [-0.2, 0) is 0 Å². The van der Waals surface area contributed by atoms with Gasteiger partial charge in [0.05, 0.1) is 6.54 Å². The van der Waals surface area contributed by atoms with Crippen molar-refractivity contribution in [3.05, 3.63) is 30.1 Å². The Hall–Kier alpha value is -1.35. The number of hydrogen-bond acceptors (Lipinski definition) is 0. The van der Waals surface area contributed by atoms with Crippen LogP contribution in [0.15, 0.2) is 24.3 Å². The highest BCUT2D eigenvalue weighted by Crippen LogP contribution is 2.14. The fraction of sp³-hybridized carbons (Fsp3) is 0.364. The van der Waals surface area contributed by atoms with E-state index >= 15 is 0 Å².